The number of benzene rings is 1. The Hall–Kier alpha value is -1.13. The molecule has 0 unspecified atom stereocenters. The summed E-state index contributed by atoms with van der Waals surface area (Å²) in [5.74, 6) is 0.374. The molecular formula is C16H23FN2O. The van der Waals surface area contributed by atoms with Gasteiger partial charge in [0.2, 0.25) is 0 Å². The van der Waals surface area contributed by atoms with Gasteiger partial charge in [0.15, 0.2) is 0 Å². The highest BCUT2D eigenvalue weighted by Crippen LogP contribution is 2.45. The predicted octanol–water partition coefficient (Wildman–Crippen LogP) is 2.59. The molecule has 1 aliphatic carbocycles. The Labute approximate surface area is 119 Å². The average molecular weight is 278 g/mol. The number of phenolic OH excluding ortho intramolecular Hbond substituents is 1. The SMILES string of the molecule is Cc1ccc(F)c([C@H](C2CCC2)N2CCNCC2)c1O. The van der Waals surface area contributed by atoms with Crippen molar-refractivity contribution in [1.29, 1.82) is 0 Å². The van der Waals surface area contributed by atoms with E-state index in [4.69, 9.17) is 0 Å². The Morgan fingerprint density at radius 3 is 2.60 bits per heavy atom. The first kappa shape index (κ1) is 13.8. The molecule has 2 aliphatic rings. The summed E-state index contributed by atoms with van der Waals surface area (Å²) in [6.45, 7) is 5.57. The zero-order chi connectivity index (χ0) is 14.1. The lowest BCUT2D eigenvalue weighted by atomic mass is 9.75. The third kappa shape index (κ3) is 2.42. The molecule has 3 nitrogen and oxygen atoms in total. The third-order valence-electron chi connectivity index (χ3n) is 4.80. The van der Waals surface area contributed by atoms with E-state index < -0.39 is 0 Å². The zero-order valence-corrected chi connectivity index (χ0v) is 12.0. The molecule has 20 heavy (non-hydrogen) atoms. The van der Waals surface area contributed by atoms with Crippen LogP contribution >= 0.6 is 0 Å². The van der Waals surface area contributed by atoms with Gasteiger partial charge in [0.05, 0.1) is 0 Å². The minimum absolute atomic E-state index is 0.0331. The fraction of sp³-hybridized carbons (Fsp3) is 0.625. The van der Waals surface area contributed by atoms with Crippen molar-refractivity contribution < 1.29 is 9.50 Å². The molecule has 110 valence electrons. The van der Waals surface area contributed by atoms with Gasteiger partial charge in [-0.15, -0.1) is 0 Å². The number of hydrogen-bond acceptors (Lipinski definition) is 3. The van der Waals surface area contributed by atoms with E-state index in [1.165, 1.54) is 12.5 Å². The van der Waals surface area contributed by atoms with E-state index in [-0.39, 0.29) is 17.6 Å². The molecule has 1 saturated carbocycles. The molecule has 0 aromatic heterocycles. The summed E-state index contributed by atoms with van der Waals surface area (Å²) in [7, 11) is 0. The van der Waals surface area contributed by atoms with E-state index in [9.17, 15) is 9.50 Å². The largest absolute Gasteiger partial charge is 0.507 e. The van der Waals surface area contributed by atoms with Crippen LogP contribution in [0.4, 0.5) is 4.39 Å². The topological polar surface area (TPSA) is 35.5 Å². The zero-order valence-electron chi connectivity index (χ0n) is 12.0. The van der Waals surface area contributed by atoms with E-state index in [2.05, 4.69) is 10.2 Å². The minimum Gasteiger partial charge on any atom is -0.507 e. The van der Waals surface area contributed by atoms with Crippen molar-refractivity contribution in [2.45, 2.75) is 32.2 Å². The molecule has 0 amide bonds. The van der Waals surface area contributed by atoms with Crippen molar-refractivity contribution in [2.75, 3.05) is 26.2 Å². The minimum atomic E-state index is -0.261. The molecule has 1 saturated heterocycles. The molecule has 2 N–H and O–H groups in total. The summed E-state index contributed by atoms with van der Waals surface area (Å²) in [6, 6.07) is 3.19. The van der Waals surface area contributed by atoms with E-state index in [1.807, 2.05) is 6.92 Å². The first-order valence-corrected chi connectivity index (χ1v) is 7.61. The summed E-state index contributed by atoms with van der Waals surface area (Å²) in [6.07, 6.45) is 3.50. The van der Waals surface area contributed by atoms with Crippen LogP contribution < -0.4 is 5.32 Å². The van der Waals surface area contributed by atoms with Crippen molar-refractivity contribution in [3.63, 3.8) is 0 Å². The molecule has 1 aromatic rings. The monoisotopic (exact) mass is 278 g/mol. The highest BCUT2D eigenvalue weighted by atomic mass is 19.1. The van der Waals surface area contributed by atoms with Gasteiger partial charge in [0, 0.05) is 37.8 Å². The maximum absolute atomic E-state index is 14.4. The third-order valence-corrected chi connectivity index (χ3v) is 4.80. The molecule has 4 heteroatoms. The lowest BCUT2D eigenvalue weighted by Crippen LogP contribution is -2.48. The standard InChI is InChI=1S/C16H23FN2O/c1-11-5-6-13(17)14(16(11)20)15(12-3-2-4-12)19-9-7-18-8-10-19/h5-6,12,15,18,20H,2-4,7-10H2,1H3/t15-/m0/s1. The van der Waals surface area contributed by atoms with Gasteiger partial charge in [-0.05, 0) is 37.3 Å². The Bertz CT molecular complexity index is 482. The van der Waals surface area contributed by atoms with Crippen molar-refractivity contribution in [2.24, 2.45) is 5.92 Å². The lowest BCUT2D eigenvalue weighted by Gasteiger charge is -2.43. The smallest absolute Gasteiger partial charge is 0.131 e. The number of nitrogens with zero attached hydrogens (tertiary/aromatic N) is 1. The summed E-state index contributed by atoms with van der Waals surface area (Å²) in [4.78, 5) is 2.35. The Morgan fingerprint density at radius 2 is 2.00 bits per heavy atom. The van der Waals surface area contributed by atoms with Crippen LogP contribution in [0.3, 0.4) is 0 Å². The predicted molar refractivity (Wildman–Crippen MR) is 77.3 cm³/mol. The average Bonchev–Trinajstić information content (AvgIpc) is 2.41. The Morgan fingerprint density at radius 1 is 1.30 bits per heavy atom. The number of piperazine rings is 1. The number of rotatable bonds is 3. The number of nitrogens with one attached hydrogen (secondary N) is 1. The second-order valence-corrected chi connectivity index (χ2v) is 6.05. The van der Waals surface area contributed by atoms with Crippen molar-refractivity contribution in [1.82, 2.24) is 10.2 Å². The Balaban J connectivity index is 1.98. The maximum Gasteiger partial charge on any atom is 0.131 e. The van der Waals surface area contributed by atoms with Crippen LogP contribution in [0.5, 0.6) is 5.75 Å². The van der Waals surface area contributed by atoms with Crippen LogP contribution in [-0.2, 0) is 0 Å². The van der Waals surface area contributed by atoms with E-state index >= 15 is 0 Å². The molecule has 0 radical (unpaired) electrons. The normalized spacial score (nSPS) is 22.5. The van der Waals surface area contributed by atoms with Gasteiger partial charge in [-0.2, -0.15) is 0 Å². The summed E-state index contributed by atoms with van der Waals surface area (Å²) in [5.41, 5.74) is 1.29. The van der Waals surface area contributed by atoms with Crippen LogP contribution in [0, 0.1) is 18.7 Å². The highest BCUT2D eigenvalue weighted by Gasteiger charge is 2.36. The summed E-state index contributed by atoms with van der Waals surface area (Å²) in [5, 5.41) is 13.7. The summed E-state index contributed by atoms with van der Waals surface area (Å²) >= 11 is 0. The second-order valence-electron chi connectivity index (χ2n) is 6.05. The first-order chi connectivity index (χ1) is 9.68. The van der Waals surface area contributed by atoms with E-state index in [0.717, 1.165) is 44.6 Å². The molecule has 0 bridgehead atoms. The fourth-order valence-electron chi connectivity index (χ4n) is 3.41. The highest BCUT2D eigenvalue weighted by molar-refractivity contribution is 5.43. The van der Waals surface area contributed by atoms with Gasteiger partial charge in [0.1, 0.15) is 11.6 Å². The number of aromatic hydroxyl groups is 1. The van der Waals surface area contributed by atoms with Crippen molar-refractivity contribution >= 4 is 0 Å². The van der Waals surface area contributed by atoms with Gasteiger partial charge < -0.3 is 10.4 Å². The number of hydrogen-bond donors (Lipinski definition) is 2. The van der Waals surface area contributed by atoms with Crippen LogP contribution in [0.2, 0.25) is 0 Å². The fourth-order valence-corrected chi connectivity index (χ4v) is 3.41. The molecule has 3 rings (SSSR count). The molecule has 1 heterocycles. The second kappa shape index (κ2) is 5.70. The van der Waals surface area contributed by atoms with Gasteiger partial charge in [-0.25, -0.2) is 4.39 Å². The van der Waals surface area contributed by atoms with Gasteiger partial charge in [0.25, 0.3) is 0 Å². The van der Waals surface area contributed by atoms with E-state index in [1.54, 1.807) is 6.07 Å². The molecule has 1 atom stereocenters. The quantitative estimate of drug-likeness (QED) is 0.892. The van der Waals surface area contributed by atoms with Crippen LogP contribution in [0.1, 0.15) is 36.4 Å². The number of phenols is 1. The van der Waals surface area contributed by atoms with Gasteiger partial charge in [-0.1, -0.05) is 12.5 Å². The van der Waals surface area contributed by atoms with Gasteiger partial charge >= 0.3 is 0 Å². The molecule has 1 aromatic carbocycles. The number of aryl methyl sites for hydroxylation is 1. The number of halogens is 1. The van der Waals surface area contributed by atoms with Crippen molar-refractivity contribution in [3.8, 4) is 5.75 Å². The van der Waals surface area contributed by atoms with Crippen LogP contribution in [0.25, 0.3) is 0 Å². The van der Waals surface area contributed by atoms with Crippen molar-refractivity contribution in [3.05, 3.63) is 29.1 Å². The lowest BCUT2D eigenvalue weighted by molar-refractivity contribution is 0.0792. The molecule has 0 spiro atoms. The molecular weight excluding hydrogens is 255 g/mol. The van der Waals surface area contributed by atoms with Crippen LogP contribution in [0.15, 0.2) is 12.1 Å². The van der Waals surface area contributed by atoms with Gasteiger partial charge in [-0.3, -0.25) is 4.90 Å². The first-order valence-electron chi connectivity index (χ1n) is 7.61. The Kier molecular flexibility index (Phi) is 3.94. The maximum atomic E-state index is 14.4. The summed E-state index contributed by atoms with van der Waals surface area (Å²) < 4.78 is 14.4. The molecule has 2 fully saturated rings. The van der Waals surface area contributed by atoms with E-state index in [0.29, 0.717) is 11.5 Å². The van der Waals surface area contributed by atoms with Crippen LogP contribution in [-0.4, -0.2) is 36.2 Å². The molecule has 1 aliphatic heterocycles.